The van der Waals surface area contributed by atoms with Gasteiger partial charge in [-0.2, -0.15) is 0 Å². The minimum Gasteiger partial charge on any atom is -0.354 e. The van der Waals surface area contributed by atoms with Crippen LogP contribution in [0.1, 0.15) is 52.4 Å². The zero-order chi connectivity index (χ0) is 13.6. The topological polar surface area (TPSA) is 84.2 Å². The van der Waals surface area contributed by atoms with Crippen LogP contribution in [0.4, 0.5) is 0 Å². The quantitative estimate of drug-likeness (QED) is 0.652. The average Bonchev–Trinajstić information content (AvgIpc) is 2.71. The maximum atomic E-state index is 11.8. The van der Waals surface area contributed by atoms with Gasteiger partial charge in [0.25, 0.3) is 0 Å². The summed E-state index contributed by atoms with van der Waals surface area (Å²) in [7, 11) is 0. The van der Waals surface area contributed by atoms with Crippen molar-refractivity contribution >= 4 is 11.8 Å². The van der Waals surface area contributed by atoms with Gasteiger partial charge in [-0.05, 0) is 26.2 Å². The zero-order valence-electron chi connectivity index (χ0n) is 11.4. The van der Waals surface area contributed by atoms with Crippen LogP contribution in [-0.4, -0.2) is 29.9 Å². The second-order valence-electron chi connectivity index (χ2n) is 5.33. The fraction of sp³-hybridized carbons (Fsp3) is 0.846. The molecule has 0 spiro atoms. The van der Waals surface area contributed by atoms with Crippen LogP contribution < -0.4 is 16.4 Å². The molecule has 0 aliphatic heterocycles. The minimum atomic E-state index is -0.492. The van der Waals surface area contributed by atoms with E-state index in [1.165, 1.54) is 0 Å². The van der Waals surface area contributed by atoms with Gasteiger partial charge < -0.3 is 16.4 Å². The second kappa shape index (κ2) is 6.73. The van der Waals surface area contributed by atoms with Crippen LogP contribution in [0.15, 0.2) is 0 Å². The molecule has 0 heterocycles. The van der Waals surface area contributed by atoms with Crippen molar-refractivity contribution in [3.05, 3.63) is 0 Å². The van der Waals surface area contributed by atoms with E-state index in [2.05, 4.69) is 10.6 Å². The molecular formula is C13H25N3O2. The number of carbonyl (C=O) groups is 2. The molecule has 1 atom stereocenters. The largest absolute Gasteiger partial charge is 0.354 e. The van der Waals surface area contributed by atoms with Gasteiger partial charge in [0, 0.05) is 18.5 Å². The summed E-state index contributed by atoms with van der Waals surface area (Å²) in [5.41, 5.74) is 5.77. The molecule has 1 fully saturated rings. The van der Waals surface area contributed by atoms with Crippen LogP contribution in [0.3, 0.4) is 0 Å². The van der Waals surface area contributed by atoms with Crippen molar-refractivity contribution < 1.29 is 9.59 Å². The third-order valence-corrected chi connectivity index (χ3v) is 3.43. The molecule has 1 unspecified atom stereocenters. The van der Waals surface area contributed by atoms with Gasteiger partial charge in [0.1, 0.15) is 6.04 Å². The number of nitrogens with two attached hydrogens (primary N) is 1. The molecule has 18 heavy (non-hydrogen) atoms. The second-order valence-corrected chi connectivity index (χ2v) is 5.33. The molecule has 0 aromatic carbocycles. The molecule has 2 amide bonds. The molecule has 1 saturated carbocycles. The Morgan fingerprint density at radius 3 is 2.50 bits per heavy atom. The Labute approximate surface area is 109 Å². The lowest BCUT2D eigenvalue weighted by Gasteiger charge is -2.23. The summed E-state index contributed by atoms with van der Waals surface area (Å²) in [4.78, 5) is 23.4. The van der Waals surface area contributed by atoms with Gasteiger partial charge in [-0.15, -0.1) is 0 Å². The fourth-order valence-corrected chi connectivity index (χ4v) is 2.34. The monoisotopic (exact) mass is 255 g/mol. The van der Waals surface area contributed by atoms with Gasteiger partial charge in [-0.1, -0.05) is 19.8 Å². The molecular weight excluding hydrogens is 230 g/mol. The van der Waals surface area contributed by atoms with Crippen molar-refractivity contribution in [1.29, 1.82) is 0 Å². The van der Waals surface area contributed by atoms with Crippen LogP contribution in [0.25, 0.3) is 0 Å². The van der Waals surface area contributed by atoms with E-state index in [-0.39, 0.29) is 17.4 Å². The summed E-state index contributed by atoms with van der Waals surface area (Å²) < 4.78 is 0. The molecule has 5 nitrogen and oxygen atoms in total. The highest BCUT2D eigenvalue weighted by atomic mass is 16.2. The Bertz CT molecular complexity index is 299. The number of rotatable bonds is 6. The third-order valence-electron chi connectivity index (χ3n) is 3.43. The summed E-state index contributed by atoms with van der Waals surface area (Å²) >= 11 is 0. The number of amides is 2. The van der Waals surface area contributed by atoms with Gasteiger partial charge >= 0.3 is 0 Å². The standard InChI is InChI=1S/C13H25N3O2/c1-3-8-15-12(18)10(2)16-11(17)9-13(14)6-4-5-7-13/h10H,3-9,14H2,1-2H3,(H,15,18)(H,16,17). The summed E-state index contributed by atoms with van der Waals surface area (Å²) in [5, 5.41) is 5.47. The Morgan fingerprint density at radius 1 is 1.33 bits per heavy atom. The van der Waals surface area contributed by atoms with E-state index in [1.807, 2.05) is 6.92 Å². The van der Waals surface area contributed by atoms with E-state index < -0.39 is 6.04 Å². The predicted octanol–water partition coefficient (Wildman–Crippen LogP) is 0.679. The molecule has 5 heteroatoms. The number of hydrogen-bond donors (Lipinski definition) is 3. The average molecular weight is 255 g/mol. The zero-order valence-corrected chi connectivity index (χ0v) is 11.4. The van der Waals surface area contributed by atoms with E-state index in [4.69, 9.17) is 5.73 Å². The van der Waals surface area contributed by atoms with E-state index in [9.17, 15) is 9.59 Å². The van der Waals surface area contributed by atoms with Gasteiger partial charge in [0.05, 0.1) is 0 Å². The first-order chi connectivity index (χ1) is 8.47. The van der Waals surface area contributed by atoms with Crippen LogP contribution >= 0.6 is 0 Å². The highest BCUT2D eigenvalue weighted by Crippen LogP contribution is 2.29. The fourth-order valence-electron chi connectivity index (χ4n) is 2.34. The van der Waals surface area contributed by atoms with Gasteiger partial charge in [0.15, 0.2) is 0 Å². The molecule has 0 saturated heterocycles. The van der Waals surface area contributed by atoms with Crippen molar-refractivity contribution in [3.8, 4) is 0 Å². The summed E-state index contributed by atoms with van der Waals surface area (Å²) in [6.45, 7) is 4.32. The van der Waals surface area contributed by atoms with Crippen LogP contribution in [0.2, 0.25) is 0 Å². The Balaban J connectivity index is 2.32. The molecule has 0 bridgehead atoms. The van der Waals surface area contributed by atoms with E-state index in [0.29, 0.717) is 13.0 Å². The van der Waals surface area contributed by atoms with Gasteiger partial charge in [0.2, 0.25) is 11.8 Å². The highest BCUT2D eigenvalue weighted by molar-refractivity contribution is 5.87. The first-order valence-electron chi connectivity index (χ1n) is 6.83. The lowest BCUT2D eigenvalue weighted by atomic mass is 9.94. The van der Waals surface area contributed by atoms with E-state index in [0.717, 1.165) is 32.1 Å². The van der Waals surface area contributed by atoms with Crippen molar-refractivity contribution in [2.45, 2.75) is 64.0 Å². The number of carbonyl (C=O) groups excluding carboxylic acids is 2. The number of nitrogens with one attached hydrogen (secondary N) is 2. The molecule has 1 aliphatic carbocycles. The Hall–Kier alpha value is -1.10. The molecule has 0 aromatic heterocycles. The van der Waals surface area contributed by atoms with Crippen LogP contribution in [0, 0.1) is 0 Å². The molecule has 1 aliphatic rings. The Morgan fingerprint density at radius 2 is 1.94 bits per heavy atom. The van der Waals surface area contributed by atoms with E-state index >= 15 is 0 Å². The SMILES string of the molecule is CCCNC(=O)C(C)NC(=O)CC1(N)CCCC1. The van der Waals surface area contributed by atoms with Gasteiger partial charge in [-0.25, -0.2) is 0 Å². The Kier molecular flexibility index (Phi) is 5.59. The molecule has 0 aromatic rings. The maximum absolute atomic E-state index is 11.8. The first-order valence-corrected chi connectivity index (χ1v) is 6.83. The van der Waals surface area contributed by atoms with Gasteiger partial charge in [-0.3, -0.25) is 9.59 Å². The highest BCUT2D eigenvalue weighted by Gasteiger charge is 2.32. The smallest absolute Gasteiger partial charge is 0.242 e. The lowest BCUT2D eigenvalue weighted by Crippen LogP contribution is -2.48. The minimum absolute atomic E-state index is 0.126. The van der Waals surface area contributed by atoms with Crippen LogP contribution in [0.5, 0.6) is 0 Å². The maximum Gasteiger partial charge on any atom is 0.242 e. The molecule has 0 radical (unpaired) electrons. The van der Waals surface area contributed by atoms with Crippen molar-refractivity contribution in [2.75, 3.05) is 6.54 Å². The summed E-state index contributed by atoms with van der Waals surface area (Å²) in [6, 6.07) is -0.492. The molecule has 1 rings (SSSR count). The number of hydrogen-bond acceptors (Lipinski definition) is 3. The first kappa shape index (κ1) is 15.0. The van der Waals surface area contributed by atoms with Crippen molar-refractivity contribution in [2.24, 2.45) is 5.73 Å². The summed E-state index contributed by atoms with van der Waals surface area (Å²) in [5.74, 6) is -0.263. The molecule has 4 N–H and O–H groups in total. The predicted molar refractivity (Wildman–Crippen MR) is 70.9 cm³/mol. The normalized spacial score (nSPS) is 19.3. The summed E-state index contributed by atoms with van der Waals surface area (Å²) in [6.07, 6.45) is 5.19. The third kappa shape index (κ3) is 4.64. The van der Waals surface area contributed by atoms with E-state index in [1.54, 1.807) is 6.92 Å². The van der Waals surface area contributed by atoms with Crippen molar-refractivity contribution in [1.82, 2.24) is 10.6 Å². The van der Waals surface area contributed by atoms with Crippen LogP contribution in [-0.2, 0) is 9.59 Å². The molecule has 104 valence electrons. The lowest BCUT2D eigenvalue weighted by molar-refractivity contribution is -0.129. The van der Waals surface area contributed by atoms with Crippen molar-refractivity contribution in [3.63, 3.8) is 0 Å².